The molecule has 0 aliphatic carbocycles. The highest BCUT2D eigenvalue weighted by atomic mass is 32.1. The van der Waals surface area contributed by atoms with Crippen LogP contribution in [-0.2, 0) is 6.54 Å². The first-order valence-corrected chi connectivity index (χ1v) is 5.12. The number of aromatic nitrogens is 4. The summed E-state index contributed by atoms with van der Waals surface area (Å²) in [5, 5.41) is 7.20. The Morgan fingerprint density at radius 3 is 3.07 bits per heavy atom. The second-order valence-corrected chi connectivity index (χ2v) is 3.27. The molecular formula is C8H11N5S. The molecule has 2 aromatic rings. The second kappa shape index (κ2) is 3.75. The van der Waals surface area contributed by atoms with Gasteiger partial charge < -0.3 is 5.32 Å². The third-order valence-corrected chi connectivity index (χ3v) is 2.51. The molecule has 74 valence electrons. The summed E-state index contributed by atoms with van der Waals surface area (Å²) < 4.78 is 10.3. The number of nitrogens with zero attached hydrogens (tertiary/aromatic N) is 4. The number of anilines is 1. The molecule has 0 fully saturated rings. The van der Waals surface area contributed by atoms with E-state index < -0.39 is 0 Å². The lowest BCUT2D eigenvalue weighted by atomic mass is 10.3. The average Bonchev–Trinajstić information content (AvgIpc) is 2.85. The summed E-state index contributed by atoms with van der Waals surface area (Å²) in [6.07, 6.45) is 1.78. The molecule has 0 saturated heterocycles. The Balaban J connectivity index is 2.48. The molecule has 0 atom stereocenters. The van der Waals surface area contributed by atoms with Crippen molar-refractivity contribution in [2.75, 3.05) is 12.4 Å². The topological polar surface area (TPSA) is 55.6 Å². The lowest BCUT2D eigenvalue weighted by Crippen LogP contribution is -2.00. The van der Waals surface area contributed by atoms with Crippen molar-refractivity contribution in [1.82, 2.24) is 18.5 Å². The highest BCUT2D eigenvalue weighted by molar-refractivity contribution is 6.99. The first-order valence-electron chi connectivity index (χ1n) is 4.39. The molecule has 0 aliphatic heterocycles. The zero-order chi connectivity index (χ0) is 9.97. The van der Waals surface area contributed by atoms with E-state index in [-0.39, 0.29) is 0 Å². The van der Waals surface area contributed by atoms with Gasteiger partial charge in [-0.3, -0.25) is 4.68 Å². The number of nitrogens with one attached hydrogen (secondary N) is 1. The van der Waals surface area contributed by atoms with Gasteiger partial charge in [0, 0.05) is 19.8 Å². The van der Waals surface area contributed by atoms with Gasteiger partial charge in [0.2, 0.25) is 0 Å². The van der Waals surface area contributed by atoms with Crippen LogP contribution in [0.25, 0.3) is 11.4 Å². The summed E-state index contributed by atoms with van der Waals surface area (Å²) in [6.45, 7) is 2.89. The first-order chi connectivity index (χ1) is 6.86. The van der Waals surface area contributed by atoms with Crippen LogP contribution < -0.4 is 5.32 Å². The van der Waals surface area contributed by atoms with Crippen molar-refractivity contribution in [3.8, 4) is 11.4 Å². The van der Waals surface area contributed by atoms with E-state index in [9.17, 15) is 0 Å². The second-order valence-electron chi connectivity index (χ2n) is 2.74. The van der Waals surface area contributed by atoms with E-state index in [1.165, 1.54) is 11.7 Å². The largest absolute Gasteiger partial charge is 0.370 e. The number of rotatable bonds is 3. The van der Waals surface area contributed by atoms with Crippen LogP contribution in [0, 0.1) is 0 Å². The molecule has 0 unspecified atom stereocenters. The fourth-order valence-corrected chi connectivity index (χ4v) is 1.87. The predicted octanol–water partition coefficient (Wildman–Crippen LogP) is 1.46. The average molecular weight is 209 g/mol. The van der Waals surface area contributed by atoms with Gasteiger partial charge in [-0.2, -0.15) is 13.8 Å². The molecule has 2 heterocycles. The molecule has 1 N–H and O–H groups in total. The maximum atomic E-state index is 4.25. The molecule has 2 rings (SSSR count). The summed E-state index contributed by atoms with van der Waals surface area (Å²) in [7, 11) is 1.84. The molecular weight excluding hydrogens is 198 g/mol. The SMILES string of the molecule is CCn1nccc1-c1nsnc1NC. The van der Waals surface area contributed by atoms with E-state index in [1.807, 2.05) is 17.8 Å². The molecule has 0 radical (unpaired) electrons. The number of hydrogen-bond acceptors (Lipinski definition) is 5. The molecule has 0 spiro atoms. The van der Waals surface area contributed by atoms with E-state index >= 15 is 0 Å². The third-order valence-electron chi connectivity index (χ3n) is 1.98. The fraction of sp³-hybridized carbons (Fsp3) is 0.375. The predicted molar refractivity (Wildman–Crippen MR) is 56.4 cm³/mol. The van der Waals surface area contributed by atoms with Crippen LogP contribution in [-0.4, -0.2) is 25.6 Å². The Labute approximate surface area is 86.1 Å². The van der Waals surface area contributed by atoms with Crippen molar-refractivity contribution in [1.29, 1.82) is 0 Å². The van der Waals surface area contributed by atoms with Gasteiger partial charge >= 0.3 is 0 Å². The third kappa shape index (κ3) is 1.37. The minimum atomic E-state index is 0.810. The summed E-state index contributed by atoms with van der Waals surface area (Å²) >= 11 is 1.20. The molecule has 5 nitrogen and oxygen atoms in total. The Bertz CT molecular complexity index is 379. The van der Waals surface area contributed by atoms with Gasteiger partial charge in [-0.05, 0) is 13.0 Å². The molecule has 14 heavy (non-hydrogen) atoms. The Kier molecular flexibility index (Phi) is 2.45. The van der Waals surface area contributed by atoms with Crippen LogP contribution in [0.2, 0.25) is 0 Å². The van der Waals surface area contributed by atoms with Crippen molar-refractivity contribution in [3.05, 3.63) is 12.3 Å². The molecule has 6 heteroatoms. The van der Waals surface area contributed by atoms with Crippen molar-refractivity contribution in [2.45, 2.75) is 13.5 Å². The Morgan fingerprint density at radius 1 is 1.50 bits per heavy atom. The monoisotopic (exact) mass is 209 g/mol. The maximum Gasteiger partial charge on any atom is 0.169 e. The van der Waals surface area contributed by atoms with Gasteiger partial charge in [-0.25, -0.2) is 0 Å². The van der Waals surface area contributed by atoms with Crippen LogP contribution in [0.15, 0.2) is 12.3 Å². The van der Waals surface area contributed by atoms with Crippen LogP contribution in [0.1, 0.15) is 6.92 Å². The van der Waals surface area contributed by atoms with Crippen molar-refractivity contribution < 1.29 is 0 Å². The standard InChI is InChI=1S/C8H11N5S/c1-3-13-6(4-5-10-13)7-8(9-2)12-14-11-7/h4-5H,3H2,1-2H3,(H,9,12). The van der Waals surface area contributed by atoms with Gasteiger partial charge in [-0.1, -0.05) is 0 Å². The quantitative estimate of drug-likeness (QED) is 0.831. The number of hydrogen-bond donors (Lipinski definition) is 1. The summed E-state index contributed by atoms with van der Waals surface area (Å²) in [4.78, 5) is 0. The summed E-state index contributed by atoms with van der Waals surface area (Å²) in [5.74, 6) is 0.810. The van der Waals surface area contributed by atoms with Crippen LogP contribution in [0.4, 0.5) is 5.82 Å². The number of aryl methyl sites for hydroxylation is 1. The molecule has 0 aromatic carbocycles. The minimum absolute atomic E-state index is 0.810. The van der Waals surface area contributed by atoms with E-state index in [0.29, 0.717) is 0 Å². The highest BCUT2D eigenvalue weighted by Crippen LogP contribution is 2.24. The zero-order valence-electron chi connectivity index (χ0n) is 8.06. The van der Waals surface area contributed by atoms with Crippen LogP contribution in [0.5, 0.6) is 0 Å². The summed E-state index contributed by atoms with van der Waals surface area (Å²) in [6, 6.07) is 1.95. The maximum absolute atomic E-state index is 4.25. The molecule has 0 amide bonds. The van der Waals surface area contributed by atoms with Crippen LogP contribution in [0.3, 0.4) is 0 Å². The minimum Gasteiger partial charge on any atom is -0.370 e. The van der Waals surface area contributed by atoms with Gasteiger partial charge in [0.05, 0.1) is 17.4 Å². The van der Waals surface area contributed by atoms with E-state index in [2.05, 4.69) is 26.1 Å². The van der Waals surface area contributed by atoms with Crippen molar-refractivity contribution >= 4 is 17.5 Å². The van der Waals surface area contributed by atoms with Crippen molar-refractivity contribution in [3.63, 3.8) is 0 Å². The van der Waals surface area contributed by atoms with Gasteiger partial charge in [0.15, 0.2) is 5.82 Å². The lowest BCUT2D eigenvalue weighted by molar-refractivity contribution is 0.666. The molecule has 0 aliphatic rings. The van der Waals surface area contributed by atoms with E-state index in [4.69, 9.17) is 0 Å². The van der Waals surface area contributed by atoms with E-state index in [1.54, 1.807) is 6.20 Å². The van der Waals surface area contributed by atoms with E-state index in [0.717, 1.165) is 23.8 Å². The van der Waals surface area contributed by atoms with Gasteiger partial charge in [0.25, 0.3) is 0 Å². The van der Waals surface area contributed by atoms with Crippen molar-refractivity contribution in [2.24, 2.45) is 0 Å². The molecule has 0 saturated carbocycles. The lowest BCUT2D eigenvalue weighted by Gasteiger charge is -2.02. The normalized spacial score (nSPS) is 10.4. The Morgan fingerprint density at radius 2 is 2.36 bits per heavy atom. The van der Waals surface area contributed by atoms with Crippen LogP contribution >= 0.6 is 11.7 Å². The fourth-order valence-electron chi connectivity index (χ4n) is 1.31. The first kappa shape index (κ1) is 9.14. The smallest absolute Gasteiger partial charge is 0.169 e. The molecule has 2 aromatic heterocycles. The Hall–Kier alpha value is -1.43. The highest BCUT2D eigenvalue weighted by Gasteiger charge is 2.12. The van der Waals surface area contributed by atoms with Gasteiger partial charge in [-0.15, -0.1) is 0 Å². The summed E-state index contributed by atoms with van der Waals surface area (Å²) in [5.41, 5.74) is 1.88. The molecule has 0 bridgehead atoms. The zero-order valence-corrected chi connectivity index (χ0v) is 8.88. The van der Waals surface area contributed by atoms with Gasteiger partial charge in [0.1, 0.15) is 5.69 Å².